The summed E-state index contributed by atoms with van der Waals surface area (Å²) in [7, 11) is 0. The molecule has 0 bridgehead atoms. The summed E-state index contributed by atoms with van der Waals surface area (Å²) in [6.45, 7) is 4.12. The van der Waals surface area contributed by atoms with Gasteiger partial charge in [-0.15, -0.1) is 26.6 Å². The van der Waals surface area contributed by atoms with Gasteiger partial charge in [0, 0.05) is 5.92 Å². The van der Waals surface area contributed by atoms with Crippen molar-refractivity contribution in [1.82, 2.24) is 25.2 Å². The number of aldehydes is 1. The van der Waals surface area contributed by atoms with E-state index in [4.69, 9.17) is 0 Å². The Morgan fingerprint density at radius 1 is 1.30 bits per heavy atom. The van der Waals surface area contributed by atoms with E-state index in [9.17, 15) is 4.79 Å². The average molecular weight is 305 g/mol. The molecule has 0 N–H and O–H groups in total. The van der Waals surface area contributed by atoms with Crippen LogP contribution in [-0.2, 0) is 0 Å². The fraction of sp³-hybridized carbons (Fsp3) is 0.250. The third-order valence-corrected chi connectivity index (χ3v) is 4.74. The Balaban J connectivity index is 2.14. The van der Waals surface area contributed by atoms with Gasteiger partial charge in [0.25, 0.3) is 0 Å². The van der Waals surface area contributed by atoms with Crippen LogP contribution in [0.5, 0.6) is 0 Å². The van der Waals surface area contributed by atoms with Crippen molar-refractivity contribution in [3.8, 4) is 15.7 Å². The second kappa shape index (κ2) is 5.22. The molecule has 0 aliphatic rings. The Kier molecular flexibility index (Phi) is 3.41. The molecule has 6 nitrogen and oxygen atoms in total. The lowest BCUT2D eigenvalue weighted by molar-refractivity contribution is 0.111. The molecule has 0 aromatic carbocycles. The van der Waals surface area contributed by atoms with Gasteiger partial charge in [-0.3, -0.25) is 4.79 Å². The molecule has 0 atom stereocenters. The van der Waals surface area contributed by atoms with E-state index in [1.165, 1.54) is 22.7 Å². The molecule has 3 rings (SSSR count). The minimum atomic E-state index is 0.306. The third kappa shape index (κ3) is 2.16. The number of aromatic nitrogens is 5. The molecular formula is C12H11N5OS2. The lowest BCUT2D eigenvalue weighted by Crippen LogP contribution is -1.98. The minimum absolute atomic E-state index is 0.306. The van der Waals surface area contributed by atoms with Crippen molar-refractivity contribution < 1.29 is 4.79 Å². The maximum absolute atomic E-state index is 11.1. The van der Waals surface area contributed by atoms with Crippen molar-refractivity contribution in [3.05, 3.63) is 28.2 Å². The molecular weight excluding hydrogens is 294 g/mol. The van der Waals surface area contributed by atoms with Crippen molar-refractivity contribution in [3.63, 3.8) is 0 Å². The summed E-state index contributed by atoms with van der Waals surface area (Å²) in [5, 5.41) is 19.7. The molecule has 0 spiro atoms. The number of hydrogen-bond donors (Lipinski definition) is 0. The first kappa shape index (κ1) is 13.1. The Labute approximate surface area is 123 Å². The second-order valence-electron chi connectivity index (χ2n) is 4.41. The van der Waals surface area contributed by atoms with Crippen LogP contribution in [-0.4, -0.2) is 31.5 Å². The minimum Gasteiger partial charge on any atom is -0.296 e. The summed E-state index contributed by atoms with van der Waals surface area (Å²) in [6.07, 6.45) is 0.711. The van der Waals surface area contributed by atoms with Gasteiger partial charge >= 0.3 is 0 Å². The van der Waals surface area contributed by atoms with Crippen LogP contribution in [0.15, 0.2) is 17.5 Å². The predicted octanol–water partition coefficient (Wildman–Crippen LogP) is 2.78. The summed E-state index contributed by atoms with van der Waals surface area (Å²) in [5.41, 5.74) is 0.982. The largest absolute Gasteiger partial charge is 0.296 e. The second-order valence-corrected chi connectivity index (χ2v) is 6.34. The van der Waals surface area contributed by atoms with E-state index in [1.807, 2.05) is 17.5 Å². The van der Waals surface area contributed by atoms with Gasteiger partial charge in [0.1, 0.15) is 10.7 Å². The van der Waals surface area contributed by atoms with Gasteiger partial charge in [-0.05, 0) is 11.4 Å². The van der Waals surface area contributed by atoms with Crippen molar-refractivity contribution in [2.45, 2.75) is 19.8 Å². The standard InChI is InChI=1S/C12H11N5OS2/c1-7(2)11-14-15-12(20-11)17-10(8(6-18)13-16-17)9-4-3-5-19-9/h3-7H,1-2H3. The molecule has 0 amide bonds. The quantitative estimate of drug-likeness (QED) is 0.693. The Hall–Kier alpha value is -1.93. The zero-order chi connectivity index (χ0) is 14.1. The molecule has 0 saturated carbocycles. The number of carbonyl (C=O) groups is 1. The summed E-state index contributed by atoms with van der Waals surface area (Å²) in [6, 6.07) is 3.85. The molecule has 0 fully saturated rings. The summed E-state index contributed by atoms with van der Waals surface area (Å²) < 4.78 is 1.58. The predicted molar refractivity (Wildman–Crippen MR) is 77.6 cm³/mol. The fourth-order valence-electron chi connectivity index (χ4n) is 1.70. The highest BCUT2D eigenvalue weighted by atomic mass is 32.1. The van der Waals surface area contributed by atoms with Crippen molar-refractivity contribution in [2.24, 2.45) is 0 Å². The number of thiophene rings is 1. The van der Waals surface area contributed by atoms with Crippen LogP contribution in [0.2, 0.25) is 0 Å². The molecule has 3 heterocycles. The highest BCUT2D eigenvalue weighted by molar-refractivity contribution is 7.14. The number of nitrogens with zero attached hydrogens (tertiary/aromatic N) is 5. The van der Waals surface area contributed by atoms with E-state index in [1.54, 1.807) is 4.68 Å². The van der Waals surface area contributed by atoms with E-state index < -0.39 is 0 Å². The van der Waals surface area contributed by atoms with Crippen molar-refractivity contribution in [1.29, 1.82) is 0 Å². The van der Waals surface area contributed by atoms with Gasteiger partial charge in [0.2, 0.25) is 5.13 Å². The first-order valence-electron chi connectivity index (χ1n) is 5.99. The molecule has 8 heteroatoms. The van der Waals surface area contributed by atoms with E-state index in [2.05, 4.69) is 34.4 Å². The number of hydrogen-bond acceptors (Lipinski definition) is 7. The number of carbonyl (C=O) groups excluding carboxylic acids is 1. The molecule has 0 aliphatic heterocycles. The van der Waals surface area contributed by atoms with Crippen LogP contribution in [0.25, 0.3) is 15.7 Å². The van der Waals surface area contributed by atoms with Crippen LogP contribution in [0.1, 0.15) is 35.3 Å². The van der Waals surface area contributed by atoms with Crippen molar-refractivity contribution >= 4 is 29.0 Å². The van der Waals surface area contributed by atoms with Gasteiger partial charge in [-0.1, -0.05) is 36.5 Å². The van der Waals surface area contributed by atoms with Crippen LogP contribution in [0.4, 0.5) is 0 Å². The molecule has 0 unspecified atom stereocenters. The normalized spacial score (nSPS) is 11.2. The molecule has 102 valence electrons. The topological polar surface area (TPSA) is 73.6 Å². The molecule has 0 radical (unpaired) electrons. The van der Waals surface area contributed by atoms with Crippen LogP contribution in [0, 0.1) is 0 Å². The van der Waals surface area contributed by atoms with E-state index in [0.717, 1.165) is 9.88 Å². The maximum atomic E-state index is 11.1. The van der Waals surface area contributed by atoms with E-state index in [0.29, 0.717) is 28.7 Å². The highest BCUT2D eigenvalue weighted by Crippen LogP contribution is 2.30. The zero-order valence-electron chi connectivity index (χ0n) is 10.8. The summed E-state index contributed by atoms with van der Waals surface area (Å²) in [4.78, 5) is 12.1. The first-order valence-corrected chi connectivity index (χ1v) is 7.69. The third-order valence-electron chi connectivity index (χ3n) is 2.67. The van der Waals surface area contributed by atoms with E-state index >= 15 is 0 Å². The summed E-state index contributed by atoms with van der Waals surface area (Å²) >= 11 is 2.99. The maximum Gasteiger partial charge on any atom is 0.234 e. The van der Waals surface area contributed by atoms with Gasteiger partial charge in [0.05, 0.1) is 4.88 Å². The Morgan fingerprint density at radius 2 is 2.15 bits per heavy atom. The smallest absolute Gasteiger partial charge is 0.234 e. The highest BCUT2D eigenvalue weighted by Gasteiger charge is 2.19. The average Bonchev–Trinajstić information content (AvgIpc) is 3.17. The van der Waals surface area contributed by atoms with Crippen LogP contribution in [0.3, 0.4) is 0 Å². The Morgan fingerprint density at radius 3 is 2.75 bits per heavy atom. The summed E-state index contributed by atoms with van der Waals surface area (Å²) in [5.74, 6) is 0.306. The monoisotopic (exact) mass is 305 g/mol. The van der Waals surface area contributed by atoms with Gasteiger partial charge in [-0.25, -0.2) is 0 Å². The SMILES string of the molecule is CC(C)c1nnc(-n2nnc(C=O)c2-c2cccs2)s1. The lowest BCUT2D eigenvalue weighted by atomic mass is 10.2. The lowest BCUT2D eigenvalue weighted by Gasteiger charge is -2.00. The zero-order valence-corrected chi connectivity index (χ0v) is 12.5. The fourth-order valence-corrected chi connectivity index (χ4v) is 3.26. The molecule has 20 heavy (non-hydrogen) atoms. The first-order chi connectivity index (χ1) is 9.70. The number of rotatable bonds is 4. The Bertz CT molecular complexity index is 729. The molecule has 3 aromatic heterocycles. The molecule has 0 aliphatic carbocycles. The van der Waals surface area contributed by atoms with Gasteiger partial charge < -0.3 is 0 Å². The molecule has 0 saturated heterocycles. The van der Waals surface area contributed by atoms with E-state index in [-0.39, 0.29) is 0 Å². The van der Waals surface area contributed by atoms with Crippen LogP contribution < -0.4 is 0 Å². The van der Waals surface area contributed by atoms with Crippen LogP contribution >= 0.6 is 22.7 Å². The molecule has 3 aromatic rings. The van der Waals surface area contributed by atoms with Crippen molar-refractivity contribution in [2.75, 3.05) is 0 Å². The van der Waals surface area contributed by atoms with Gasteiger partial charge in [0.15, 0.2) is 12.0 Å². The van der Waals surface area contributed by atoms with Gasteiger partial charge in [-0.2, -0.15) is 4.68 Å².